The molecule has 0 radical (unpaired) electrons. The summed E-state index contributed by atoms with van der Waals surface area (Å²) in [6, 6.07) is 0. The molecule has 1 fully saturated rings. The average Bonchev–Trinajstić information content (AvgIpc) is 2.69. The van der Waals surface area contributed by atoms with Crippen molar-refractivity contribution >= 4 is 11.9 Å². The molecule has 1 rings (SSSR count). The first-order valence-corrected chi connectivity index (χ1v) is 11.9. The molecule has 2 unspecified atom stereocenters. The molecule has 1 aliphatic rings. The molecule has 0 amide bonds. The lowest BCUT2D eigenvalue weighted by molar-refractivity contribution is -0.155. The molecular formula is C24H44O4. The summed E-state index contributed by atoms with van der Waals surface area (Å²) in [6.45, 7) is 7.49. The van der Waals surface area contributed by atoms with Crippen LogP contribution >= 0.6 is 0 Å². The minimum atomic E-state index is -0.133. The Labute approximate surface area is 173 Å². The van der Waals surface area contributed by atoms with Gasteiger partial charge in [-0.1, -0.05) is 78.6 Å². The zero-order valence-electron chi connectivity index (χ0n) is 18.7. The molecule has 1 aliphatic carbocycles. The van der Waals surface area contributed by atoms with E-state index in [0.717, 1.165) is 38.5 Å². The predicted octanol–water partition coefficient (Wildman–Crippen LogP) is 6.46. The van der Waals surface area contributed by atoms with E-state index in [1.54, 1.807) is 0 Å². The third-order valence-corrected chi connectivity index (χ3v) is 5.77. The lowest BCUT2D eigenvalue weighted by Crippen LogP contribution is -2.30. The summed E-state index contributed by atoms with van der Waals surface area (Å²) >= 11 is 0. The number of carbonyl (C=O) groups excluding carboxylic acids is 2. The molecule has 1 saturated carbocycles. The standard InChI is InChI=1S/C24H44O4/c1-4-5-6-7-8-9-10-11-12-17-27-23(25)21-14-13-15-22(19-21)24(26)28-18-16-20(2)3/h20-22H,4-19H2,1-3H3. The second-order valence-corrected chi connectivity index (χ2v) is 8.91. The third-order valence-electron chi connectivity index (χ3n) is 5.77. The second-order valence-electron chi connectivity index (χ2n) is 8.91. The van der Waals surface area contributed by atoms with Gasteiger partial charge in [-0.15, -0.1) is 0 Å². The SMILES string of the molecule is CCCCCCCCCCCOC(=O)C1CCCC(C(=O)OCCC(C)C)C1. The number of hydrogen-bond acceptors (Lipinski definition) is 4. The third kappa shape index (κ3) is 11.7. The summed E-state index contributed by atoms with van der Waals surface area (Å²) in [7, 11) is 0. The fourth-order valence-electron chi connectivity index (χ4n) is 3.83. The highest BCUT2D eigenvalue weighted by Crippen LogP contribution is 2.31. The average molecular weight is 397 g/mol. The van der Waals surface area contributed by atoms with Crippen LogP contribution in [0.5, 0.6) is 0 Å². The van der Waals surface area contributed by atoms with E-state index < -0.39 is 0 Å². The van der Waals surface area contributed by atoms with Crippen molar-refractivity contribution in [2.24, 2.45) is 17.8 Å². The van der Waals surface area contributed by atoms with Crippen molar-refractivity contribution in [3.05, 3.63) is 0 Å². The summed E-state index contributed by atoms with van der Waals surface area (Å²) in [6.07, 6.45) is 15.4. The van der Waals surface area contributed by atoms with Gasteiger partial charge < -0.3 is 9.47 Å². The maximum absolute atomic E-state index is 12.3. The van der Waals surface area contributed by atoms with Crippen molar-refractivity contribution in [3.63, 3.8) is 0 Å². The molecular weight excluding hydrogens is 352 g/mol. The summed E-state index contributed by atoms with van der Waals surface area (Å²) < 4.78 is 10.9. The fourth-order valence-corrected chi connectivity index (χ4v) is 3.83. The lowest BCUT2D eigenvalue weighted by Gasteiger charge is -2.26. The maximum atomic E-state index is 12.3. The first-order chi connectivity index (χ1) is 13.5. The molecule has 0 bridgehead atoms. The van der Waals surface area contributed by atoms with Crippen molar-refractivity contribution in [3.8, 4) is 0 Å². The van der Waals surface area contributed by atoms with Crippen LogP contribution in [0.1, 0.15) is 111 Å². The van der Waals surface area contributed by atoms with E-state index in [0.29, 0.717) is 25.6 Å². The van der Waals surface area contributed by atoms with E-state index in [2.05, 4.69) is 20.8 Å². The van der Waals surface area contributed by atoms with Gasteiger partial charge in [-0.25, -0.2) is 0 Å². The van der Waals surface area contributed by atoms with Gasteiger partial charge in [0.2, 0.25) is 0 Å². The number of hydrogen-bond donors (Lipinski definition) is 0. The Balaban J connectivity index is 2.09. The second kappa shape index (κ2) is 15.8. The molecule has 0 aromatic carbocycles. The molecule has 4 heteroatoms. The summed E-state index contributed by atoms with van der Waals surface area (Å²) in [5.74, 6) is 0.0282. The molecule has 0 spiro atoms. The molecule has 0 aromatic heterocycles. The van der Waals surface area contributed by atoms with Crippen LogP contribution in [0.4, 0.5) is 0 Å². The largest absolute Gasteiger partial charge is 0.465 e. The number of rotatable bonds is 15. The molecule has 28 heavy (non-hydrogen) atoms. The summed E-state index contributed by atoms with van der Waals surface area (Å²) in [5.41, 5.74) is 0. The van der Waals surface area contributed by atoms with Gasteiger partial charge in [0.1, 0.15) is 0 Å². The zero-order valence-corrected chi connectivity index (χ0v) is 18.7. The van der Waals surface area contributed by atoms with E-state index >= 15 is 0 Å². The molecule has 0 N–H and O–H groups in total. The molecule has 0 aliphatic heterocycles. The van der Waals surface area contributed by atoms with Gasteiger partial charge in [0, 0.05) is 0 Å². The molecule has 0 heterocycles. The Bertz CT molecular complexity index is 419. The van der Waals surface area contributed by atoms with Gasteiger partial charge in [0.25, 0.3) is 0 Å². The van der Waals surface area contributed by atoms with Crippen LogP contribution in [-0.4, -0.2) is 25.2 Å². The Morgan fingerprint density at radius 3 is 1.82 bits per heavy atom. The van der Waals surface area contributed by atoms with E-state index in [1.165, 1.54) is 44.9 Å². The van der Waals surface area contributed by atoms with Crippen molar-refractivity contribution in [2.75, 3.05) is 13.2 Å². The lowest BCUT2D eigenvalue weighted by atomic mass is 9.81. The molecule has 2 atom stereocenters. The van der Waals surface area contributed by atoms with Gasteiger partial charge in [0.05, 0.1) is 25.0 Å². The Morgan fingerprint density at radius 1 is 0.786 bits per heavy atom. The van der Waals surface area contributed by atoms with E-state index in [1.807, 2.05) is 0 Å². The van der Waals surface area contributed by atoms with Crippen LogP contribution in [0.3, 0.4) is 0 Å². The van der Waals surface area contributed by atoms with Crippen LogP contribution in [-0.2, 0) is 19.1 Å². The highest BCUT2D eigenvalue weighted by molar-refractivity contribution is 5.76. The summed E-state index contributed by atoms with van der Waals surface area (Å²) in [4.78, 5) is 24.5. The van der Waals surface area contributed by atoms with E-state index in [-0.39, 0.29) is 23.8 Å². The molecule has 164 valence electrons. The predicted molar refractivity (Wildman–Crippen MR) is 114 cm³/mol. The van der Waals surface area contributed by atoms with Crippen molar-refractivity contribution in [1.82, 2.24) is 0 Å². The van der Waals surface area contributed by atoms with Crippen LogP contribution in [0.2, 0.25) is 0 Å². The maximum Gasteiger partial charge on any atom is 0.308 e. The minimum absolute atomic E-state index is 0.112. The van der Waals surface area contributed by atoms with Gasteiger partial charge in [-0.2, -0.15) is 0 Å². The minimum Gasteiger partial charge on any atom is -0.465 e. The zero-order chi connectivity index (χ0) is 20.6. The van der Waals surface area contributed by atoms with Gasteiger partial charge in [-0.3, -0.25) is 9.59 Å². The van der Waals surface area contributed by atoms with Crippen molar-refractivity contribution in [2.45, 2.75) is 111 Å². The van der Waals surface area contributed by atoms with Crippen LogP contribution < -0.4 is 0 Å². The van der Waals surface area contributed by atoms with E-state index in [9.17, 15) is 9.59 Å². The molecule has 4 nitrogen and oxygen atoms in total. The van der Waals surface area contributed by atoms with Gasteiger partial charge >= 0.3 is 11.9 Å². The Hall–Kier alpha value is -1.06. The normalized spacial score (nSPS) is 19.6. The number of carbonyl (C=O) groups is 2. The molecule has 0 saturated heterocycles. The van der Waals surface area contributed by atoms with Crippen LogP contribution in [0, 0.1) is 17.8 Å². The summed E-state index contributed by atoms with van der Waals surface area (Å²) in [5, 5.41) is 0. The highest BCUT2D eigenvalue weighted by atomic mass is 16.5. The van der Waals surface area contributed by atoms with Crippen molar-refractivity contribution in [1.29, 1.82) is 0 Å². The number of esters is 2. The topological polar surface area (TPSA) is 52.6 Å². The van der Waals surface area contributed by atoms with Gasteiger partial charge in [0.15, 0.2) is 0 Å². The quantitative estimate of drug-likeness (QED) is 0.235. The van der Waals surface area contributed by atoms with Crippen LogP contribution in [0.25, 0.3) is 0 Å². The highest BCUT2D eigenvalue weighted by Gasteiger charge is 2.32. The first-order valence-electron chi connectivity index (χ1n) is 11.9. The van der Waals surface area contributed by atoms with Gasteiger partial charge in [-0.05, 0) is 38.0 Å². The number of unbranched alkanes of at least 4 members (excludes halogenated alkanes) is 8. The monoisotopic (exact) mass is 396 g/mol. The first kappa shape index (κ1) is 25.0. The van der Waals surface area contributed by atoms with Crippen LogP contribution in [0.15, 0.2) is 0 Å². The fraction of sp³-hybridized carbons (Fsp3) is 0.917. The van der Waals surface area contributed by atoms with Crippen molar-refractivity contribution < 1.29 is 19.1 Å². The number of ether oxygens (including phenoxy) is 2. The molecule has 0 aromatic rings. The Morgan fingerprint density at radius 2 is 1.29 bits per heavy atom. The van der Waals surface area contributed by atoms with E-state index in [4.69, 9.17) is 9.47 Å². The smallest absolute Gasteiger partial charge is 0.308 e. The Kier molecular flexibility index (Phi) is 14.1.